The molecule has 0 spiro atoms. The quantitative estimate of drug-likeness (QED) is 0.817. The third-order valence-corrected chi connectivity index (χ3v) is 3.29. The monoisotopic (exact) mass is 248 g/mol. The van der Waals surface area contributed by atoms with Crippen molar-refractivity contribution in [2.45, 2.75) is 18.3 Å². The average Bonchev–Trinajstić information content (AvgIpc) is 2.92. The fourth-order valence-corrected chi connectivity index (χ4v) is 2.11. The van der Waals surface area contributed by atoms with Crippen LogP contribution in [0.5, 0.6) is 0 Å². The number of carboxylic acid groups (broad SMARTS) is 1. The number of aliphatic carboxylic acids is 1. The third-order valence-electron chi connectivity index (χ3n) is 2.68. The van der Waals surface area contributed by atoms with Gasteiger partial charge in [0.25, 0.3) is 0 Å². The van der Waals surface area contributed by atoms with E-state index in [4.69, 9.17) is 28.3 Å². The second-order valence-corrected chi connectivity index (χ2v) is 4.45. The van der Waals surface area contributed by atoms with Gasteiger partial charge in [-0.3, -0.25) is 4.79 Å². The van der Waals surface area contributed by atoms with Crippen molar-refractivity contribution in [2.24, 2.45) is 0 Å². The first-order valence-electron chi connectivity index (χ1n) is 4.36. The molecule has 5 heteroatoms. The standard InChI is InChI=1S/C10H7Cl2FO2/c11-6-4-8(13)7(12)3-5(6)10(1-2-10)9(14)15/h3-4H,1-2H2,(H,14,15). The van der Waals surface area contributed by atoms with E-state index in [0.29, 0.717) is 18.4 Å². The topological polar surface area (TPSA) is 37.3 Å². The fraction of sp³-hybridized carbons (Fsp3) is 0.300. The van der Waals surface area contributed by atoms with Crippen molar-refractivity contribution in [1.29, 1.82) is 0 Å². The summed E-state index contributed by atoms with van der Waals surface area (Å²) in [6.45, 7) is 0. The molecule has 80 valence electrons. The number of rotatable bonds is 2. The van der Waals surface area contributed by atoms with E-state index < -0.39 is 17.2 Å². The molecule has 0 heterocycles. The average molecular weight is 249 g/mol. The van der Waals surface area contributed by atoms with Gasteiger partial charge in [-0.1, -0.05) is 23.2 Å². The Balaban J connectivity index is 2.54. The van der Waals surface area contributed by atoms with Crippen molar-refractivity contribution >= 4 is 29.2 Å². The summed E-state index contributed by atoms with van der Waals surface area (Å²) in [4.78, 5) is 11.0. The van der Waals surface area contributed by atoms with Crippen molar-refractivity contribution in [1.82, 2.24) is 0 Å². The van der Waals surface area contributed by atoms with Crippen LogP contribution >= 0.6 is 23.2 Å². The number of hydrogen-bond donors (Lipinski definition) is 1. The van der Waals surface area contributed by atoms with Gasteiger partial charge in [0.15, 0.2) is 0 Å². The van der Waals surface area contributed by atoms with Gasteiger partial charge in [-0.25, -0.2) is 4.39 Å². The van der Waals surface area contributed by atoms with E-state index in [0.717, 1.165) is 6.07 Å². The number of halogens is 3. The summed E-state index contributed by atoms with van der Waals surface area (Å²) in [5, 5.41) is 9.07. The van der Waals surface area contributed by atoms with E-state index in [1.807, 2.05) is 0 Å². The van der Waals surface area contributed by atoms with Crippen LogP contribution in [0.4, 0.5) is 4.39 Å². The highest BCUT2D eigenvalue weighted by molar-refractivity contribution is 6.34. The largest absolute Gasteiger partial charge is 0.481 e. The first-order valence-corrected chi connectivity index (χ1v) is 5.11. The Hall–Kier alpha value is -0.800. The summed E-state index contributed by atoms with van der Waals surface area (Å²) in [5.74, 6) is -1.57. The lowest BCUT2D eigenvalue weighted by molar-refractivity contribution is -0.140. The molecule has 1 aromatic carbocycles. The summed E-state index contributed by atoms with van der Waals surface area (Å²) in [7, 11) is 0. The third kappa shape index (κ3) is 1.60. The molecule has 1 aliphatic carbocycles. The van der Waals surface area contributed by atoms with Crippen molar-refractivity contribution in [3.63, 3.8) is 0 Å². The molecule has 0 unspecified atom stereocenters. The first kappa shape index (κ1) is 10.7. The molecule has 1 aliphatic rings. The fourth-order valence-electron chi connectivity index (χ4n) is 1.61. The summed E-state index contributed by atoms with van der Waals surface area (Å²) in [6.07, 6.45) is 1.04. The van der Waals surface area contributed by atoms with Crippen molar-refractivity contribution in [3.8, 4) is 0 Å². The van der Waals surface area contributed by atoms with Gasteiger partial charge in [-0.15, -0.1) is 0 Å². The second kappa shape index (κ2) is 3.35. The minimum absolute atomic E-state index is 0.0954. The highest BCUT2D eigenvalue weighted by Gasteiger charge is 2.53. The van der Waals surface area contributed by atoms with Gasteiger partial charge in [-0.2, -0.15) is 0 Å². The smallest absolute Gasteiger partial charge is 0.314 e. The molecule has 0 bridgehead atoms. The maximum atomic E-state index is 13.0. The molecule has 0 aromatic heterocycles. The van der Waals surface area contributed by atoms with Crippen LogP contribution in [-0.2, 0) is 10.2 Å². The van der Waals surface area contributed by atoms with E-state index in [1.165, 1.54) is 6.07 Å². The SMILES string of the molecule is O=C(O)C1(c2cc(Cl)c(F)cc2Cl)CC1. The molecule has 0 atom stereocenters. The molecule has 1 N–H and O–H groups in total. The maximum absolute atomic E-state index is 13.0. The normalized spacial score (nSPS) is 17.5. The van der Waals surface area contributed by atoms with Gasteiger partial charge >= 0.3 is 5.97 Å². The summed E-state index contributed by atoms with van der Waals surface area (Å²) in [5.41, 5.74) is -0.544. The second-order valence-electron chi connectivity index (χ2n) is 3.63. The van der Waals surface area contributed by atoms with E-state index in [-0.39, 0.29) is 10.0 Å². The Morgan fingerprint density at radius 3 is 2.40 bits per heavy atom. The van der Waals surface area contributed by atoms with Crippen LogP contribution in [0.3, 0.4) is 0 Å². The van der Waals surface area contributed by atoms with Crippen LogP contribution in [0.15, 0.2) is 12.1 Å². The minimum Gasteiger partial charge on any atom is -0.481 e. The molecular weight excluding hydrogens is 242 g/mol. The Kier molecular flexibility index (Phi) is 2.40. The summed E-state index contributed by atoms with van der Waals surface area (Å²) < 4.78 is 13.0. The molecule has 2 nitrogen and oxygen atoms in total. The Morgan fingerprint density at radius 1 is 1.33 bits per heavy atom. The number of carbonyl (C=O) groups is 1. The molecule has 1 saturated carbocycles. The van der Waals surface area contributed by atoms with Gasteiger partial charge in [0.2, 0.25) is 0 Å². The van der Waals surface area contributed by atoms with Crippen LogP contribution in [0.1, 0.15) is 18.4 Å². The number of carboxylic acids is 1. The van der Waals surface area contributed by atoms with Crippen molar-refractivity contribution < 1.29 is 14.3 Å². The zero-order chi connectivity index (χ0) is 11.2. The highest BCUT2D eigenvalue weighted by Crippen LogP contribution is 2.51. The molecular formula is C10H7Cl2FO2. The van der Waals surface area contributed by atoms with Crippen LogP contribution < -0.4 is 0 Å². The molecule has 0 amide bonds. The molecule has 0 radical (unpaired) electrons. The highest BCUT2D eigenvalue weighted by atomic mass is 35.5. The van der Waals surface area contributed by atoms with E-state index >= 15 is 0 Å². The zero-order valence-corrected chi connectivity index (χ0v) is 9.07. The number of benzene rings is 1. The Bertz CT molecular complexity index is 441. The van der Waals surface area contributed by atoms with E-state index in [2.05, 4.69) is 0 Å². The van der Waals surface area contributed by atoms with Crippen molar-refractivity contribution in [2.75, 3.05) is 0 Å². The molecule has 15 heavy (non-hydrogen) atoms. The van der Waals surface area contributed by atoms with Crippen LogP contribution in [-0.4, -0.2) is 11.1 Å². The summed E-state index contributed by atoms with van der Waals surface area (Å²) >= 11 is 11.4. The van der Waals surface area contributed by atoms with Crippen LogP contribution in [0, 0.1) is 5.82 Å². The van der Waals surface area contributed by atoms with Crippen LogP contribution in [0.25, 0.3) is 0 Å². The molecule has 0 aliphatic heterocycles. The number of hydrogen-bond acceptors (Lipinski definition) is 1. The molecule has 0 saturated heterocycles. The van der Waals surface area contributed by atoms with E-state index in [9.17, 15) is 9.18 Å². The van der Waals surface area contributed by atoms with Gasteiger partial charge in [-0.05, 0) is 30.5 Å². The Morgan fingerprint density at radius 2 is 1.93 bits per heavy atom. The minimum atomic E-state index is -0.950. The molecule has 2 rings (SSSR count). The lowest BCUT2D eigenvalue weighted by Gasteiger charge is -2.12. The zero-order valence-electron chi connectivity index (χ0n) is 7.56. The molecule has 1 aromatic rings. The summed E-state index contributed by atoms with van der Waals surface area (Å²) in [6, 6.07) is 2.36. The predicted octanol–water partition coefficient (Wildman–Crippen LogP) is 3.25. The first-order chi connectivity index (χ1) is 6.97. The molecule has 1 fully saturated rings. The lowest BCUT2D eigenvalue weighted by Crippen LogP contribution is -2.20. The maximum Gasteiger partial charge on any atom is 0.314 e. The van der Waals surface area contributed by atoms with Crippen LogP contribution in [0.2, 0.25) is 10.0 Å². The van der Waals surface area contributed by atoms with Gasteiger partial charge in [0.1, 0.15) is 5.82 Å². The van der Waals surface area contributed by atoms with E-state index in [1.54, 1.807) is 0 Å². The van der Waals surface area contributed by atoms with Crippen molar-refractivity contribution in [3.05, 3.63) is 33.6 Å². The Labute approximate surface area is 95.6 Å². The van der Waals surface area contributed by atoms with Gasteiger partial charge in [0.05, 0.1) is 10.4 Å². The van der Waals surface area contributed by atoms with Gasteiger partial charge < -0.3 is 5.11 Å². The predicted molar refractivity (Wildman–Crippen MR) is 55.0 cm³/mol. The lowest BCUT2D eigenvalue weighted by atomic mass is 9.96. The van der Waals surface area contributed by atoms with Gasteiger partial charge in [0, 0.05) is 5.02 Å².